The number of amides is 1. The van der Waals surface area contributed by atoms with Gasteiger partial charge in [-0.25, -0.2) is 9.59 Å². The van der Waals surface area contributed by atoms with E-state index in [1.807, 2.05) is 24.3 Å². The van der Waals surface area contributed by atoms with Gasteiger partial charge in [0, 0.05) is 11.0 Å². The summed E-state index contributed by atoms with van der Waals surface area (Å²) in [6.07, 6.45) is 0. The van der Waals surface area contributed by atoms with Gasteiger partial charge in [-0.15, -0.1) is 11.3 Å². The number of benzene rings is 2. The molecule has 1 amide bonds. The largest absolute Gasteiger partial charge is 0.478 e. The smallest absolute Gasteiger partial charge is 0.335 e. The van der Waals surface area contributed by atoms with Gasteiger partial charge in [0.05, 0.1) is 21.9 Å². The summed E-state index contributed by atoms with van der Waals surface area (Å²) in [4.78, 5) is 52.8. The van der Waals surface area contributed by atoms with Crippen LogP contribution in [0.3, 0.4) is 0 Å². The first kappa shape index (κ1) is 22.7. The lowest BCUT2D eigenvalue weighted by atomic mass is 10.1. The van der Waals surface area contributed by atoms with Crippen LogP contribution < -0.4 is 16.6 Å². The molecule has 0 bridgehead atoms. The van der Waals surface area contributed by atoms with Crippen molar-refractivity contribution in [1.29, 1.82) is 0 Å². The van der Waals surface area contributed by atoms with Crippen molar-refractivity contribution in [2.24, 2.45) is 0 Å². The number of hydrogen-bond donors (Lipinski definition) is 3. The lowest BCUT2D eigenvalue weighted by Gasteiger charge is -2.14. The van der Waals surface area contributed by atoms with Gasteiger partial charge in [-0.3, -0.25) is 19.1 Å². The Bertz CT molecular complexity index is 1470. The highest BCUT2D eigenvalue weighted by atomic mass is 79.9. The average Bonchev–Trinajstić information content (AvgIpc) is 3.23. The molecule has 4 rings (SSSR count). The topological polar surface area (TPSA) is 121 Å². The molecule has 0 spiro atoms. The molecule has 0 aliphatic carbocycles. The number of nitrogens with one attached hydrogen (secondary N) is 2. The number of carbonyl (C=O) groups is 2. The Kier molecular flexibility index (Phi) is 6.30. The van der Waals surface area contributed by atoms with Gasteiger partial charge in [0.15, 0.2) is 0 Å². The molecule has 1 unspecified atom stereocenters. The van der Waals surface area contributed by atoms with Crippen LogP contribution >= 0.6 is 27.3 Å². The molecule has 3 N–H and O–H groups in total. The quantitative estimate of drug-likeness (QED) is 0.352. The van der Waals surface area contributed by atoms with Crippen LogP contribution in [0, 0.1) is 0 Å². The minimum Gasteiger partial charge on any atom is -0.478 e. The fraction of sp³-hybridized carbons (Fsp3) is 0.130. The number of hydrogen-bond acceptors (Lipinski definition) is 5. The number of aromatic amines is 1. The molecule has 2 aromatic carbocycles. The SMILES string of the molecule is CC(c1ccc(C(=O)O)cc1)n1c(=O)[nH]c2sc(C(=O)NCc3ccc(Br)cc3)cc2c1=O. The number of aromatic nitrogens is 2. The van der Waals surface area contributed by atoms with Crippen molar-refractivity contribution in [2.45, 2.75) is 19.5 Å². The highest BCUT2D eigenvalue weighted by molar-refractivity contribution is 9.10. The maximum Gasteiger partial charge on any atom is 0.335 e. The van der Waals surface area contributed by atoms with Crippen LogP contribution in [0.25, 0.3) is 10.2 Å². The van der Waals surface area contributed by atoms with Crippen molar-refractivity contribution in [3.63, 3.8) is 0 Å². The normalized spacial score (nSPS) is 11.9. The predicted octanol–water partition coefficient (Wildman–Crippen LogP) is 3.75. The fourth-order valence-corrected chi connectivity index (χ4v) is 4.63. The van der Waals surface area contributed by atoms with E-state index in [-0.39, 0.29) is 16.9 Å². The molecule has 2 heterocycles. The molecule has 0 saturated carbocycles. The molecule has 8 nitrogen and oxygen atoms in total. The summed E-state index contributed by atoms with van der Waals surface area (Å²) in [6.45, 7) is 2.00. The summed E-state index contributed by atoms with van der Waals surface area (Å²) in [5, 5.41) is 12.1. The lowest BCUT2D eigenvalue weighted by molar-refractivity contribution is 0.0696. The molecule has 0 saturated heterocycles. The molecule has 1 atom stereocenters. The molecule has 0 aliphatic heterocycles. The molecule has 2 aromatic heterocycles. The molecule has 0 aliphatic rings. The summed E-state index contributed by atoms with van der Waals surface area (Å²) in [5.41, 5.74) is 0.512. The Morgan fingerprint density at radius 2 is 1.79 bits per heavy atom. The van der Waals surface area contributed by atoms with E-state index in [1.165, 1.54) is 18.2 Å². The Labute approximate surface area is 199 Å². The second-order valence-corrected chi connectivity index (χ2v) is 9.34. The first-order valence-electron chi connectivity index (χ1n) is 9.89. The third kappa shape index (κ3) is 4.67. The Morgan fingerprint density at radius 1 is 1.12 bits per heavy atom. The third-order valence-electron chi connectivity index (χ3n) is 5.24. The van der Waals surface area contributed by atoms with Gasteiger partial charge in [-0.05, 0) is 48.4 Å². The van der Waals surface area contributed by atoms with E-state index in [4.69, 9.17) is 5.11 Å². The number of carbonyl (C=O) groups excluding carboxylic acids is 1. The van der Waals surface area contributed by atoms with E-state index >= 15 is 0 Å². The number of aromatic carboxylic acids is 1. The molecule has 0 radical (unpaired) electrons. The molecule has 4 aromatic rings. The number of halogens is 1. The van der Waals surface area contributed by atoms with Gasteiger partial charge in [-0.2, -0.15) is 0 Å². The van der Waals surface area contributed by atoms with E-state index in [9.17, 15) is 19.2 Å². The molecule has 0 fully saturated rings. The number of nitrogens with zero attached hydrogens (tertiary/aromatic N) is 1. The van der Waals surface area contributed by atoms with Crippen LogP contribution in [0.5, 0.6) is 0 Å². The summed E-state index contributed by atoms with van der Waals surface area (Å²) >= 11 is 4.40. The lowest BCUT2D eigenvalue weighted by Crippen LogP contribution is -2.37. The summed E-state index contributed by atoms with van der Waals surface area (Å²) in [5.74, 6) is -1.40. The standard InChI is InChI=1S/C23H18BrN3O5S/c1-12(14-4-6-15(7-5-14)22(30)31)27-21(29)17-10-18(33-20(17)26-23(27)32)19(28)25-11-13-2-8-16(24)9-3-13/h2-10,12H,11H2,1H3,(H,25,28)(H,26,32)(H,30,31). The van der Waals surface area contributed by atoms with Crippen molar-refractivity contribution in [3.05, 3.63) is 101 Å². The van der Waals surface area contributed by atoms with Crippen LogP contribution in [-0.2, 0) is 6.54 Å². The third-order valence-corrected chi connectivity index (χ3v) is 6.82. The van der Waals surface area contributed by atoms with Gasteiger partial charge in [-0.1, -0.05) is 40.2 Å². The average molecular weight is 528 g/mol. The number of carboxylic acid groups (broad SMARTS) is 1. The van der Waals surface area contributed by atoms with E-state index < -0.39 is 23.3 Å². The maximum absolute atomic E-state index is 13.1. The van der Waals surface area contributed by atoms with E-state index in [0.717, 1.165) is 25.9 Å². The van der Waals surface area contributed by atoms with Crippen molar-refractivity contribution < 1.29 is 14.7 Å². The maximum atomic E-state index is 13.1. The minimum absolute atomic E-state index is 0.110. The van der Waals surface area contributed by atoms with Gasteiger partial charge >= 0.3 is 11.7 Å². The van der Waals surface area contributed by atoms with Crippen LogP contribution in [0.2, 0.25) is 0 Å². The van der Waals surface area contributed by atoms with Crippen molar-refractivity contribution >= 4 is 49.4 Å². The number of H-pyrrole nitrogens is 1. The first-order chi connectivity index (χ1) is 15.7. The minimum atomic E-state index is -1.06. The predicted molar refractivity (Wildman–Crippen MR) is 129 cm³/mol. The summed E-state index contributed by atoms with van der Waals surface area (Å²) in [6, 6.07) is 14.3. The van der Waals surface area contributed by atoms with Crippen LogP contribution in [0.15, 0.2) is 68.7 Å². The number of carboxylic acids is 1. The molecule has 33 heavy (non-hydrogen) atoms. The second kappa shape index (κ2) is 9.16. The highest BCUT2D eigenvalue weighted by Crippen LogP contribution is 2.22. The molecule has 168 valence electrons. The van der Waals surface area contributed by atoms with E-state index in [0.29, 0.717) is 21.8 Å². The van der Waals surface area contributed by atoms with Crippen LogP contribution in [0.1, 0.15) is 44.1 Å². The molecular weight excluding hydrogens is 510 g/mol. The van der Waals surface area contributed by atoms with Gasteiger partial charge in [0.1, 0.15) is 4.83 Å². The highest BCUT2D eigenvalue weighted by Gasteiger charge is 2.19. The zero-order valence-electron chi connectivity index (χ0n) is 17.3. The van der Waals surface area contributed by atoms with Gasteiger partial charge in [0.2, 0.25) is 0 Å². The zero-order chi connectivity index (χ0) is 23.7. The fourth-order valence-electron chi connectivity index (χ4n) is 3.41. The van der Waals surface area contributed by atoms with E-state index in [1.54, 1.807) is 19.1 Å². The van der Waals surface area contributed by atoms with Gasteiger partial charge in [0.25, 0.3) is 11.5 Å². The zero-order valence-corrected chi connectivity index (χ0v) is 19.7. The Morgan fingerprint density at radius 3 is 2.42 bits per heavy atom. The monoisotopic (exact) mass is 527 g/mol. The molecular formula is C23H18BrN3O5S. The summed E-state index contributed by atoms with van der Waals surface area (Å²) < 4.78 is 2.00. The number of fused-ring (bicyclic) bond motifs is 1. The van der Waals surface area contributed by atoms with Crippen LogP contribution in [-0.4, -0.2) is 26.5 Å². The van der Waals surface area contributed by atoms with Crippen molar-refractivity contribution in [3.8, 4) is 0 Å². The van der Waals surface area contributed by atoms with Crippen molar-refractivity contribution in [2.75, 3.05) is 0 Å². The second-order valence-electron chi connectivity index (χ2n) is 7.37. The number of rotatable bonds is 6. The van der Waals surface area contributed by atoms with Crippen LogP contribution in [0.4, 0.5) is 0 Å². The Balaban J connectivity index is 1.62. The van der Waals surface area contributed by atoms with Gasteiger partial charge < -0.3 is 10.4 Å². The molecule has 10 heteroatoms. The Hall–Kier alpha value is -3.50. The first-order valence-corrected chi connectivity index (χ1v) is 11.5. The van der Waals surface area contributed by atoms with Crippen molar-refractivity contribution in [1.82, 2.24) is 14.9 Å². The number of thiophene rings is 1. The summed E-state index contributed by atoms with van der Waals surface area (Å²) in [7, 11) is 0. The van der Waals surface area contributed by atoms with E-state index in [2.05, 4.69) is 26.2 Å².